The van der Waals surface area contributed by atoms with Gasteiger partial charge in [0.15, 0.2) is 5.82 Å². The average molecular weight is 721 g/mol. The van der Waals surface area contributed by atoms with E-state index in [1.807, 2.05) is 60.7 Å². The van der Waals surface area contributed by atoms with Crippen LogP contribution >= 0.6 is 0 Å². The summed E-state index contributed by atoms with van der Waals surface area (Å²) in [6.45, 7) is 9.27. The fourth-order valence-corrected chi connectivity index (χ4v) is 6.46. The smallest absolute Gasteiger partial charge is 0.310 e. The van der Waals surface area contributed by atoms with Crippen LogP contribution in [-0.4, -0.2) is 74.7 Å². The van der Waals surface area contributed by atoms with Gasteiger partial charge in [-0.2, -0.15) is 0 Å². The fraction of sp³-hybridized carbons (Fsp3) is 0.419. The summed E-state index contributed by atoms with van der Waals surface area (Å²) in [5.74, 6) is -1.66. The van der Waals surface area contributed by atoms with Crippen molar-refractivity contribution in [1.29, 1.82) is 0 Å². The number of aliphatic hydroxyl groups excluding tert-OH is 1. The second-order valence-corrected chi connectivity index (χ2v) is 14.9. The van der Waals surface area contributed by atoms with E-state index in [-0.39, 0.29) is 31.3 Å². The highest BCUT2D eigenvalue weighted by molar-refractivity contribution is 5.97. The summed E-state index contributed by atoms with van der Waals surface area (Å²) in [5.41, 5.74) is 4.88. The highest BCUT2D eigenvalue weighted by Gasteiger charge is 2.37. The van der Waals surface area contributed by atoms with Gasteiger partial charge < -0.3 is 25.2 Å². The number of likely N-dealkylation sites (tertiary alicyclic amines) is 1. The zero-order valence-electron chi connectivity index (χ0n) is 31.3. The number of carboxylic acids is 1. The number of unbranched alkanes of at least 4 members (excludes halogenated alkanes) is 4. The number of aromatic nitrogens is 2. The molecule has 0 radical (unpaired) electrons. The summed E-state index contributed by atoms with van der Waals surface area (Å²) in [7, 11) is 0. The number of amides is 2. The number of nitrogens with one attached hydrogen (secondary N) is 1. The van der Waals surface area contributed by atoms with Crippen molar-refractivity contribution < 1.29 is 29.3 Å². The molecule has 0 bridgehead atoms. The molecule has 2 amide bonds. The minimum absolute atomic E-state index is 0.0824. The number of rotatable bonds is 15. The summed E-state index contributed by atoms with van der Waals surface area (Å²) in [5, 5.41) is 22.8. The molecule has 10 nitrogen and oxygen atoms in total. The molecule has 1 aliphatic heterocycles. The lowest BCUT2D eigenvalue weighted by Crippen LogP contribution is -2.55. The van der Waals surface area contributed by atoms with Crippen molar-refractivity contribution in [2.45, 2.75) is 90.2 Å². The van der Waals surface area contributed by atoms with E-state index in [1.165, 1.54) is 30.6 Å². The number of hydrogen-bond acceptors (Lipinski definition) is 7. The molecule has 3 aromatic carbocycles. The van der Waals surface area contributed by atoms with E-state index in [0.29, 0.717) is 18.0 Å². The third kappa shape index (κ3) is 10.7. The molecule has 0 spiro atoms. The van der Waals surface area contributed by atoms with Gasteiger partial charge in [-0.15, -0.1) is 0 Å². The minimum Gasteiger partial charge on any atom is -0.494 e. The molecule has 280 valence electrons. The molecule has 1 fully saturated rings. The van der Waals surface area contributed by atoms with Crippen LogP contribution in [0, 0.1) is 5.92 Å². The lowest BCUT2D eigenvalue weighted by Gasteiger charge is -2.36. The summed E-state index contributed by atoms with van der Waals surface area (Å²) in [6.07, 6.45) is 8.85. The van der Waals surface area contributed by atoms with Crippen LogP contribution in [0.15, 0.2) is 85.2 Å². The molecular weight excluding hydrogens is 668 g/mol. The van der Waals surface area contributed by atoms with Crippen LogP contribution in [0.2, 0.25) is 0 Å². The van der Waals surface area contributed by atoms with Crippen LogP contribution in [0.5, 0.6) is 5.75 Å². The molecule has 3 atom stereocenters. The van der Waals surface area contributed by atoms with Gasteiger partial charge in [0.1, 0.15) is 17.7 Å². The van der Waals surface area contributed by atoms with E-state index >= 15 is 0 Å². The molecule has 3 N–H and O–H groups in total. The number of carbonyl (C=O) groups excluding carboxylic acids is 2. The first-order valence-electron chi connectivity index (χ1n) is 18.7. The van der Waals surface area contributed by atoms with E-state index < -0.39 is 35.8 Å². The van der Waals surface area contributed by atoms with Crippen molar-refractivity contribution in [2.24, 2.45) is 5.92 Å². The lowest BCUT2D eigenvalue weighted by atomic mass is 9.86. The highest BCUT2D eigenvalue weighted by Crippen LogP contribution is 2.25. The van der Waals surface area contributed by atoms with Crippen molar-refractivity contribution in [2.75, 3.05) is 19.7 Å². The first-order valence-corrected chi connectivity index (χ1v) is 18.7. The predicted octanol–water partition coefficient (Wildman–Crippen LogP) is 7.09. The molecular formula is C43H52N4O6. The van der Waals surface area contributed by atoms with Gasteiger partial charge in [0.05, 0.1) is 12.7 Å². The molecule has 53 heavy (non-hydrogen) atoms. The molecule has 0 saturated carbocycles. The Kier molecular flexibility index (Phi) is 13.4. The van der Waals surface area contributed by atoms with Crippen molar-refractivity contribution in [3.05, 3.63) is 102 Å². The predicted molar refractivity (Wildman–Crippen MR) is 206 cm³/mol. The highest BCUT2D eigenvalue weighted by atomic mass is 16.5. The number of aliphatic hydroxyl groups is 1. The number of hydrogen-bond donors (Lipinski definition) is 3. The summed E-state index contributed by atoms with van der Waals surface area (Å²) in [4.78, 5) is 49.8. The second-order valence-electron chi connectivity index (χ2n) is 14.9. The van der Waals surface area contributed by atoms with Gasteiger partial charge in [-0.1, -0.05) is 102 Å². The molecule has 1 saturated heterocycles. The van der Waals surface area contributed by atoms with Crippen LogP contribution in [0.25, 0.3) is 22.5 Å². The first-order chi connectivity index (χ1) is 25.4. The quantitative estimate of drug-likeness (QED) is 0.111. The number of ether oxygens (including phenoxy) is 1. The van der Waals surface area contributed by atoms with Crippen molar-refractivity contribution in [1.82, 2.24) is 20.2 Å². The average Bonchev–Trinajstić information content (AvgIpc) is 3.16. The van der Waals surface area contributed by atoms with Crippen LogP contribution in [0.4, 0.5) is 0 Å². The SMILES string of the molecule is CCCCCCCOc1ccc(-c2cnc(-c3ccc(C[C@H](NC(=O)c4ccc(C(C)(C)C)cc4)C(=O)N4CCC(O)C(C(=O)O)C4)cc3)nc2)cc1. The van der Waals surface area contributed by atoms with E-state index in [4.69, 9.17) is 4.74 Å². The molecule has 1 aliphatic rings. The van der Waals surface area contributed by atoms with Gasteiger partial charge in [0.25, 0.3) is 5.91 Å². The Bertz CT molecular complexity index is 1800. The molecule has 2 unspecified atom stereocenters. The Hall–Kier alpha value is -5.09. The molecule has 2 heterocycles. The first kappa shape index (κ1) is 39.1. The van der Waals surface area contributed by atoms with Crippen LogP contribution in [0.3, 0.4) is 0 Å². The van der Waals surface area contributed by atoms with Crippen LogP contribution in [0.1, 0.15) is 87.7 Å². The maximum atomic E-state index is 13.9. The molecule has 0 aliphatic carbocycles. The molecule has 5 rings (SSSR count). The Morgan fingerprint density at radius 3 is 2.13 bits per heavy atom. The maximum absolute atomic E-state index is 13.9. The van der Waals surface area contributed by atoms with Crippen LogP contribution in [-0.2, 0) is 21.4 Å². The number of nitrogens with zero attached hydrogens (tertiary/aromatic N) is 3. The number of piperidine rings is 1. The summed E-state index contributed by atoms with van der Waals surface area (Å²) >= 11 is 0. The Balaban J connectivity index is 1.25. The normalized spacial score (nSPS) is 16.5. The third-order valence-corrected chi connectivity index (χ3v) is 9.83. The molecule has 4 aromatic rings. The number of carbonyl (C=O) groups is 3. The largest absolute Gasteiger partial charge is 0.494 e. The summed E-state index contributed by atoms with van der Waals surface area (Å²) < 4.78 is 5.90. The van der Waals surface area contributed by atoms with E-state index in [1.54, 1.807) is 24.5 Å². The van der Waals surface area contributed by atoms with E-state index in [2.05, 4.69) is 43.0 Å². The Morgan fingerprint density at radius 2 is 1.51 bits per heavy atom. The number of benzene rings is 3. The van der Waals surface area contributed by atoms with Crippen molar-refractivity contribution >= 4 is 17.8 Å². The second kappa shape index (κ2) is 18.1. The molecule has 1 aromatic heterocycles. The van der Waals surface area contributed by atoms with Gasteiger partial charge in [-0.3, -0.25) is 14.4 Å². The van der Waals surface area contributed by atoms with Gasteiger partial charge in [-0.05, 0) is 59.2 Å². The Labute approximate surface area is 312 Å². The third-order valence-electron chi connectivity index (χ3n) is 9.83. The molecule has 10 heteroatoms. The zero-order chi connectivity index (χ0) is 38.0. The van der Waals surface area contributed by atoms with Crippen molar-refractivity contribution in [3.8, 4) is 28.3 Å². The Morgan fingerprint density at radius 1 is 0.868 bits per heavy atom. The maximum Gasteiger partial charge on any atom is 0.310 e. The van der Waals surface area contributed by atoms with Gasteiger partial charge in [0.2, 0.25) is 5.91 Å². The number of carboxylic acid groups (broad SMARTS) is 1. The van der Waals surface area contributed by atoms with Gasteiger partial charge >= 0.3 is 5.97 Å². The van der Waals surface area contributed by atoms with Crippen molar-refractivity contribution in [3.63, 3.8) is 0 Å². The van der Waals surface area contributed by atoms with E-state index in [9.17, 15) is 24.6 Å². The fourth-order valence-electron chi connectivity index (χ4n) is 6.46. The van der Waals surface area contributed by atoms with E-state index in [0.717, 1.165) is 40.0 Å². The lowest BCUT2D eigenvalue weighted by molar-refractivity contribution is -0.152. The zero-order valence-corrected chi connectivity index (χ0v) is 31.3. The standard InChI is InChI=1S/C43H52N4O6/c1-5-6-7-8-9-24-53-35-20-16-30(17-21-35)33-26-44-39(45-27-33)31-12-10-29(11-13-31)25-37(41(50)47-23-22-38(48)36(28-47)42(51)52)46-40(49)32-14-18-34(19-15-32)43(2,3)4/h10-21,26-27,36-38,48H,5-9,22-25,28H2,1-4H3,(H,46,49)(H,51,52)/t36?,37-,38?/m0/s1. The van der Waals surface area contributed by atoms with Crippen LogP contribution < -0.4 is 10.1 Å². The van der Waals surface area contributed by atoms with Gasteiger partial charge in [0, 0.05) is 48.6 Å². The minimum atomic E-state index is -1.16. The number of aliphatic carboxylic acids is 1. The summed E-state index contributed by atoms with van der Waals surface area (Å²) in [6, 6.07) is 21.8. The topological polar surface area (TPSA) is 142 Å². The van der Waals surface area contributed by atoms with Gasteiger partial charge in [-0.25, -0.2) is 9.97 Å². The monoisotopic (exact) mass is 720 g/mol.